The number of aliphatic carboxylic acids is 1. The molecule has 2 atom stereocenters. The van der Waals surface area contributed by atoms with Crippen molar-refractivity contribution in [3.63, 3.8) is 0 Å². The molecule has 0 amide bonds. The van der Waals surface area contributed by atoms with E-state index in [9.17, 15) is 4.79 Å². The number of unbranched alkanes of at least 4 members (excludes halogenated alkanes) is 1. The summed E-state index contributed by atoms with van der Waals surface area (Å²) in [6.45, 7) is 4.78. The summed E-state index contributed by atoms with van der Waals surface area (Å²) in [6, 6.07) is 9.98. The van der Waals surface area contributed by atoms with Gasteiger partial charge >= 0.3 is 5.97 Å². The first-order chi connectivity index (χ1) is 9.15. The lowest BCUT2D eigenvalue weighted by Crippen LogP contribution is -2.42. The van der Waals surface area contributed by atoms with Crippen LogP contribution in [0.25, 0.3) is 0 Å². The predicted molar refractivity (Wildman–Crippen MR) is 78.3 cm³/mol. The number of nitrogens with one attached hydrogen (secondary N) is 1. The Morgan fingerprint density at radius 3 is 2.53 bits per heavy atom. The average molecular weight is 263 g/mol. The molecule has 0 unspecified atom stereocenters. The van der Waals surface area contributed by atoms with Crippen molar-refractivity contribution in [2.45, 2.75) is 45.6 Å². The Balaban J connectivity index is 2.20. The monoisotopic (exact) mass is 263 g/mol. The highest BCUT2D eigenvalue weighted by atomic mass is 16.4. The van der Waals surface area contributed by atoms with Crippen molar-refractivity contribution in [2.75, 3.05) is 6.54 Å². The number of rotatable bonds is 9. The van der Waals surface area contributed by atoms with E-state index in [0.717, 1.165) is 32.2 Å². The fourth-order valence-corrected chi connectivity index (χ4v) is 2.12. The van der Waals surface area contributed by atoms with Crippen LogP contribution in [0, 0.1) is 5.92 Å². The summed E-state index contributed by atoms with van der Waals surface area (Å²) in [5.74, 6) is -0.566. The SMILES string of the molecule is CC[C@H](C)[C@H](NCCCCc1ccccc1)C(=O)O. The third kappa shape index (κ3) is 5.88. The van der Waals surface area contributed by atoms with Crippen LogP contribution in [-0.2, 0) is 11.2 Å². The molecule has 0 radical (unpaired) electrons. The number of carboxylic acids is 1. The molecule has 19 heavy (non-hydrogen) atoms. The maximum absolute atomic E-state index is 11.1. The van der Waals surface area contributed by atoms with Crippen LogP contribution in [0.3, 0.4) is 0 Å². The third-order valence-corrected chi connectivity index (χ3v) is 3.58. The average Bonchev–Trinajstić information content (AvgIpc) is 2.42. The molecular weight excluding hydrogens is 238 g/mol. The number of carbonyl (C=O) groups is 1. The van der Waals surface area contributed by atoms with Gasteiger partial charge in [0.2, 0.25) is 0 Å². The van der Waals surface area contributed by atoms with Gasteiger partial charge in [-0.1, -0.05) is 50.6 Å². The molecule has 0 fully saturated rings. The summed E-state index contributed by atoms with van der Waals surface area (Å²) in [5.41, 5.74) is 1.35. The molecule has 1 aromatic carbocycles. The van der Waals surface area contributed by atoms with E-state index in [-0.39, 0.29) is 5.92 Å². The molecule has 0 heterocycles. The molecule has 0 aromatic heterocycles. The lowest BCUT2D eigenvalue weighted by Gasteiger charge is -2.20. The van der Waals surface area contributed by atoms with Gasteiger partial charge in [0, 0.05) is 0 Å². The van der Waals surface area contributed by atoms with Crippen LogP contribution < -0.4 is 5.32 Å². The fourth-order valence-electron chi connectivity index (χ4n) is 2.12. The zero-order valence-corrected chi connectivity index (χ0v) is 11.9. The van der Waals surface area contributed by atoms with Crippen molar-refractivity contribution in [1.82, 2.24) is 5.32 Å². The summed E-state index contributed by atoms with van der Waals surface area (Å²) in [6.07, 6.45) is 4.04. The highest BCUT2D eigenvalue weighted by Gasteiger charge is 2.21. The second kappa shape index (κ2) is 8.70. The van der Waals surface area contributed by atoms with Gasteiger partial charge in [0.25, 0.3) is 0 Å². The van der Waals surface area contributed by atoms with Crippen molar-refractivity contribution in [2.24, 2.45) is 5.92 Å². The first-order valence-electron chi connectivity index (χ1n) is 7.15. The van der Waals surface area contributed by atoms with Crippen molar-refractivity contribution < 1.29 is 9.90 Å². The van der Waals surface area contributed by atoms with Crippen molar-refractivity contribution >= 4 is 5.97 Å². The molecule has 0 aliphatic heterocycles. The van der Waals surface area contributed by atoms with E-state index in [1.807, 2.05) is 19.9 Å². The quantitative estimate of drug-likeness (QED) is 0.673. The van der Waals surface area contributed by atoms with Gasteiger partial charge < -0.3 is 10.4 Å². The van der Waals surface area contributed by atoms with E-state index in [0.29, 0.717) is 0 Å². The number of hydrogen-bond acceptors (Lipinski definition) is 2. The lowest BCUT2D eigenvalue weighted by molar-refractivity contribution is -0.140. The van der Waals surface area contributed by atoms with Gasteiger partial charge in [-0.15, -0.1) is 0 Å². The summed E-state index contributed by atoms with van der Waals surface area (Å²) in [4.78, 5) is 11.1. The molecule has 1 rings (SSSR count). The molecule has 1 aromatic rings. The second-order valence-electron chi connectivity index (χ2n) is 5.10. The molecule has 0 spiro atoms. The largest absolute Gasteiger partial charge is 0.480 e. The minimum atomic E-state index is -0.739. The maximum atomic E-state index is 11.1. The number of aryl methyl sites for hydroxylation is 1. The molecule has 3 heteroatoms. The molecule has 0 saturated carbocycles. The van der Waals surface area contributed by atoms with E-state index in [1.165, 1.54) is 5.56 Å². The van der Waals surface area contributed by atoms with E-state index in [1.54, 1.807) is 0 Å². The number of hydrogen-bond donors (Lipinski definition) is 2. The van der Waals surface area contributed by atoms with Gasteiger partial charge in [0.15, 0.2) is 0 Å². The van der Waals surface area contributed by atoms with E-state index in [4.69, 9.17) is 5.11 Å². The Kier molecular flexibility index (Phi) is 7.19. The Bertz CT molecular complexity index is 364. The minimum Gasteiger partial charge on any atom is -0.480 e. The summed E-state index contributed by atoms with van der Waals surface area (Å²) >= 11 is 0. The van der Waals surface area contributed by atoms with Gasteiger partial charge in [-0.2, -0.15) is 0 Å². The fraction of sp³-hybridized carbons (Fsp3) is 0.562. The predicted octanol–water partition coefficient (Wildman–Crippen LogP) is 3.10. The molecule has 3 nitrogen and oxygen atoms in total. The van der Waals surface area contributed by atoms with E-state index in [2.05, 4.69) is 29.6 Å². The normalized spacial score (nSPS) is 14.0. The van der Waals surface area contributed by atoms with Crippen molar-refractivity contribution in [3.05, 3.63) is 35.9 Å². The van der Waals surface area contributed by atoms with Crippen LogP contribution in [0.1, 0.15) is 38.7 Å². The standard InChI is InChI=1S/C16H25NO2/c1-3-13(2)15(16(18)19)17-12-8-7-11-14-9-5-4-6-10-14/h4-6,9-10,13,15,17H,3,7-8,11-12H2,1-2H3,(H,18,19)/t13-,15-/m0/s1. The number of benzene rings is 1. The van der Waals surface area contributed by atoms with Crippen molar-refractivity contribution in [1.29, 1.82) is 0 Å². The van der Waals surface area contributed by atoms with Crippen LogP contribution >= 0.6 is 0 Å². The molecule has 0 saturated heterocycles. The maximum Gasteiger partial charge on any atom is 0.320 e. The van der Waals surface area contributed by atoms with Crippen LogP contribution in [-0.4, -0.2) is 23.7 Å². The van der Waals surface area contributed by atoms with Gasteiger partial charge in [0.05, 0.1) is 0 Å². The molecule has 106 valence electrons. The van der Waals surface area contributed by atoms with Crippen LogP contribution in [0.4, 0.5) is 0 Å². The zero-order chi connectivity index (χ0) is 14.1. The highest BCUT2D eigenvalue weighted by molar-refractivity contribution is 5.73. The van der Waals surface area contributed by atoms with E-state index < -0.39 is 12.0 Å². The van der Waals surface area contributed by atoms with Gasteiger partial charge in [-0.25, -0.2) is 0 Å². The molecule has 0 aliphatic carbocycles. The van der Waals surface area contributed by atoms with Gasteiger partial charge in [-0.3, -0.25) is 4.79 Å². The molecule has 2 N–H and O–H groups in total. The highest BCUT2D eigenvalue weighted by Crippen LogP contribution is 2.08. The summed E-state index contributed by atoms with van der Waals surface area (Å²) in [7, 11) is 0. The summed E-state index contributed by atoms with van der Waals surface area (Å²) < 4.78 is 0. The first kappa shape index (κ1) is 15.7. The van der Waals surface area contributed by atoms with Crippen molar-refractivity contribution in [3.8, 4) is 0 Å². The summed E-state index contributed by atoms with van der Waals surface area (Å²) in [5, 5.41) is 12.3. The first-order valence-corrected chi connectivity index (χ1v) is 7.15. The zero-order valence-electron chi connectivity index (χ0n) is 11.9. The third-order valence-electron chi connectivity index (χ3n) is 3.58. The van der Waals surface area contributed by atoms with Gasteiger partial charge in [0.1, 0.15) is 6.04 Å². The molecule has 0 bridgehead atoms. The van der Waals surface area contributed by atoms with Crippen LogP contribution in [0.2, 0.25) is 0 Å². The Morgan fingerprint density at radius 2 is 1.95 bits per heavy atom. The number of carboxylic acid groups (broad SMARTS) is 1. The second-order valence-corrected chi connectivity index (χ2v) is 5.10. The van der Waals surface area contributed by atoms with Crippen LogP contribution in [0.5, 0.6) is 0 Å². The Morgan fingerprint density at radius 1 is 1.26 bits per heavy atom. The molecule has 0 aliphatic rings. The smallest absolute Gasteiger partial charge is 0.320 e. The van der Waals surface area contributed by atoms with E-state index >= 15 is 0 Å². The lowest BCUT2D eigenvalue weighted by atomic mass is 9.99. The Hall–Kier alpha value is -1.35. The molecular formula is C16H25NO2. The minimum absolute atomic E-state index is 0.173. The topological polar surface area (TPSA) is 49.3 Å². The van der Waals surface area contributed by atoms with Crippen LogP contribution in [0.15, 0.2) is 30.3 Å². The van der Waals surface area contributed by atoms with Gasteiger partial charge in [-0.05, 0) is 37.3 Å². The Labute approximate surface area is 116 Å².